The highest BCUT2D eigenvalue weighted by Gasteiger charge is 2.40. The first-order valence-corrected chi connectivity index (χ1v) is 6.95. The van der Waals surface area contributed by atoms with Gasteiger partial charge < -0.3 is 5.11 Å². The predicted molar refractivity (Wildman–Crippen MR) is 62.9 cm³/mol. The molecule has 0 saturated carbocycles. The number of benzene rings is 1. The Morgan fingerprint density at radius 1 is 1.32 bits per heavy atom. The third-order valence-corrected chi connectivity index (χ3v) is 5.09. The van der Waals surface area contributed by atoms with E-state index in [-0.39, 0.29) is 15.4 Å². The first-order chi connectivity index (χ1) is 8.69. The topological polar surface area (TPSA) is 54.4 Å². The van der Waals surface area contributed by atoms with E-state index in [0.717, 1.165) is 24.3 Å². The van der Waals surface area contributed by atoms with E-state index < -0.39 is 34.1 Å². The fourth-order valence-corrected chi connectivity index (χ4v) is 3.87. The number of halogens is 3. The zero-order valence-electron chi connectivity index (χ0n) is 9.90. The van der Waals surface area contributed by atoms with Crippen LogP contribution in [0.25, 0.3) is 6.08 Å². The van der Waals surface area contributed by atoms with Gasteiger partial charge in [-0.2, -0.15) is 13.2 Å². The van der Waals surface area contributed by atoms with Crippen molar-refractivity contribution in [3.8, 4) is 0 Å². The maximum atomic E-state index is 12.8. The molecule has 104 valence electrons. The first kappa shape index (κ1) is 14.1. The van der Waals surface area contributed by atoms with Crippen LogP contribution in [0.3, 0.4) is 0 Å². The van der Waals surface area contributed by atoms with Gasteiger partial charge in [-0.25, -0.2) is 8.42 Å². The molecule has 7 heteroatoms. The zero-order chi connectivity index (χ0) is 14.4. The van der Waals surface area contributed by atoms with Gasteiger partial charge in [0.2, 0.25) is 9.84 Å². The van der Waals surface area contributed by atoms with E-state index in [9.17, 15) is 21.6 Å². The average Bonchev–Trinajstić information content (AvgIpc) is 2.59. The van der Waals surface area contributed by atoms with Crippen LogP contribution >= 0.6 is 0 Å². The SMILES string of the molecule is CC(CO)C1=Cc2c(C(F)(F)F)cccc2S1(=O)=O. The lowest BCUT2D eigenvalue weighted by molar-refractivity contribution is -0.137. The summed E-state index contributed by atoms with van der Waals surface area (Å²) in [5, 5.41) is 9.01. The van der Waals surface area contributed by atoms with Crippen LogP contribution in [-0.2, 0) is 16.0 Å². The van der Waals surface area contributed by atoms with E-state index in [1.165, 1.54) is 6.92 Å². The van der Waals surface area contributed by atoms with Gasteiger partial charge in [0, 0.05) is 11.5 Å². The minimum absolute atomic E-state index is 0.179. The van der Waals surface area contributed by atoms with Crippen molar-refractivity contribution in [2.45, 2.75) is 18.0 Å². The van der Waals surface area contributed by atoms with Crippen LogP contribution in [0.2, 0.25) is 0 Å². The normalized spacial score (nSPS) is 18.9. The molecule has 0 aliphatic carbocycles. The summed E-state index contributed by atoms with van der Waals surface area (Å²) in [5.41, 5.74) is -1.32. The molecule has 1 aromatic rings. The maximum absolute atomic E-state index is 12.8. The summed E-state index contributed by atoms with van der Waals surface area (Å²) in [5.74, 6) is -0.738. The largest absolute Gasteiger partial charge is 0.417 e. The van der Waals surface area contributed by atoms with Crippen molar-refractivity contribution in [3.63, 3.8) is 0 Å². The fraction of sp³-hybridized carbons (Fsp3) is 0.333. The van der Waals surface area contributed by atoms with Crippen molar-refractivity contribution in [3.05, 3.63) is 34.2 Å². The monoisotopic (exact) mass is 292 g/mol. The Morgan fingerprint density at radius 2 is 1.95 bits per heavy atom. The zero-order valence-corrected chi connectivity index (χ0v) is 10.7. The van der Waals surface area contributed by atoms with Gasteiger partial charge in [-0.1, -0.05) is 13.0 Å². The lowest BCUT2D eigenvalue weighted by atomic mass is 10.0. The minimum Gasteiger partial charge on any atom is -0.396 e. The number of aliphatic hydroxyl groups excluding tert-OH is 1. The first-order valence-electron chi connectivity index (χ1n) is 5.47. The summed E-state index contributed by atoms with van der Waals surface area (Å²) in [6.07, 6.45) is -3.61. The third-order valence-electron chi connectivity index (χ3n) is 3.02. The fourth-order valence-electron chi connectivity index (χ4n) is 2.02. The van der Waals surface area contributed by atoms with E-state index in [1.807, 2.05) is 0 Å². The molecule has 1 aliphatic heterocycles. The lowest BCUT2D eigenvalue weighted by Crippen LogP contribution is -2.12. The van der Waals surface area contributed by atoms with E-state index in [2.05, 4.69) is 0 Å². The summed E-state index contributed by atoms with van der Waals surface area (Å²) < 4.78 is 62.7. The Labute approximate surface area is 108 Å². The predicted octanol–water partition coefficient (Wildman–Crippen LogP) is 2.46. The van der Waals surface area contributed by atoms with Crippen molar-refractivity contribution in [1.82, 2.24) is 0 Å². The van der Waals surface area contributed by atoms with Gasteiger partial charge in [0.1, 0.15) is 0 Å². The van der Waals surface area contributed by atoms with E-state index >= 15 is 0 Å². The maximum Gasteiger partial charge on any atom is 0.417 e. The molecule has 0 bridgehead atoms. The molecule has 1 aliphatic rings. The molecular weight excluding hydrogens is 281 g/mol. The van der Waals surface area contributed by atoms with Crippen molar-refractivity contribution in [2.24, 2.45) is 5.92 Å². The van der Waals surface area contributed by atoms with Crippen LogP contribution in [0.5, 0.6) is 0 Å². The Hall–Kier alpha value is -1.34. The van der Waals surface area contributed by atoms with Gasteiger partial charge in [-0.3, -0.25) is 0 Å². The van der Waals surface area contributed by atoms with Gasteiger partial charge in [-0.05, 0) is 18.2 Å². The van der Waals surface area contributed by atoms with E-state index in [1.54, 1.807) is 0 Å². The van der Waals surface area contributed by atoms with Crippen LogP contribution in [0.4, 0.5) is 13.2 Å². The third kappa shape index (κ3) is 2.17. The van der Waals surface area contributed by atoms with E-state index in [4.69, 9.17) is 5.11 Å². The van der Waals surface area contributed by atoms with Crippen LogP contribution in [-0.4, -0.2) is 20.1 Å². The summed E-state index contributed by atoms with van der Waals surface area (Å²) in [4.78, 5) is -0.528. The smallest absolute Gasteiger partial charge is 0.396 e. The van der Waals surface area contributed by atoms with Crippen LogP contribution < -0.4 is 0 Å². The lowest BCUT2D eigenvalue weighted by Gasteiger charge is -2.10. The Morgan fingerprint density at radius 3 is 2.47 bits per heavy atom. The second-order valence-electron chi connectivity index (χ2n) is 4.35. The molecule has 1 aromatic carbocycles. The number of alkyl halides is 3. The molecule has 1 unspecified atom stereocenters. The number of hydrogen-bond donors (Lipinski definition) is 1. The number of rotatable bonds is 2. The highest BCUT2D eigenvalue weighted by atomic mass is 32.2. The molecule has 2 rings (SSSR count). The van der Waals surface area contributed by atoms with E-state index in [0.29, 0.717) is 0 Å². The molecule has 1 N–H and O–H groups in total. The molecule has 0 spiro atoms. The molecule has 3 nitrogen and oxygen atoms in total. The van der Waals surface area contributed by atoms with Gasteiger partial charge >= 0.3 is 6.18 Å². The van der Waals surface area contributed by atoms with Crippen LogP contribution in [0.15, 0.2) is 28.0 Å². The molecule has 0 amide bonds. The quantitative estimate of drug-likeness (QED) is 0.911. The van der Waals surface area contributed by atoms with Crippen LogP contribution in [0.1, 0.15) is 18.1 Å². The molecule has 0 aromatic heterocycles. The Kier molecular flexibility index (Phi) is 3.22. The average molecular weight is 292 g/mol. The Bertz CT molecular complexity index is 645. The molecular formula is C12H11F3O3S. The highest BCUT2D eigenvalue weighted by molar-refractivity contribution is 7.95. The van der Waals surface area contributed by atoms with Crippen molar-refractivity contribution >= 4 is 15.9 Å². The van der Waals surface area contributed by atoms with Gasteiger partial charge in [0.15, 0.2) is 0 Å². The van der Waals surface area contributed by atoms with Gasteiger partial charge in [0.05, 0.1) is 22.0 Å². The molecule has 1 atom stereocenters. The molecule has 1 heterocycles. The van der Waals surface area contributed by atoms with Crippen LogP contribution in [0, 0.1) is 5.92 Å². The molecule has 0 saturated heterocycles. The summed E-state index contributed by atoms with van der Waals surface area (Å²) in [6.45, 7) is 1.00. The highest BCUT2D eigenvalue weighted by Crippen LogP contribution is 2.42. The summed E-state index contributed by atoms with van der Waals surface area (Å²) in [6, 6.07) is 3.06. The Balaban J connectivity index is 2.71. The standard InChI is InChI=1S/C12H11F3O3S/c1-7(6-16)11-5-8-9(12(13,14)15)3-2-4-10(8)19(11,17)18/h2-5,7,16H,6H2,1H3. The van der Waals surface area contributed by atoms with Gasteiger partial charge in [0.25, 0.3) is 0 Å². The van der Waals surface area contributed by atoms with Crippen molar-refractivity contribution in [1.29, 1.82) is 0 Å². The molecule has 19 heavy (non-hydrogen) atoms. The molecule has 0 fully saturated rings. The number of sulfone groups is 1. The number of hydrogen-bond acceptors (Lipinski definition) is 3. The van der Waals surface area contributed by atoms with Crippen molar-refractivity contribution < 1.29 is 26.7 Å². The van der Waals surface area contributed by atoms with Crippen molar-refractivity contribution in [2.75, 3.05) is 6.61 Å². The summed E-state index contributed by atoms with van der Waals surface area (Å²) >= 11 is 0. The second-order valence-corrected chi connectivity index (χ2v) is 6.27. The minimum atomic E-state index is -4.62. The second kappa shape index (κ2) is 4.35. The number of fused-ring (bicyclic) bond motifs is 1. The number of aliphatic hydroxyl groups is 1. The van der Waals surface area contributed by atoms with Gasteiger partial charge in [-0.15, -0.1) is 0 Å². The summed E-state index contributed by atoms with van der Waals surface area (Å²) in [7, 11) is -3.94. The molecule has 0 radical (unpaired) electrons.